The van der Waals surface area contributed by atoms with Gasteiger partial charge in [0.05, 0.1) is 0 Å². The smallest absolute Gasteiger partial charge is 0.0279 e. The highest BCUT2D eigenvalue weighted by Gasteiger charge is 2.30. The molecule has 0 amide bonds. The van der Waals surface area contributed by atoms with Crippen molar-refractivity contribution in [3.63, 3.8) is 0 Å². The number of hydrogen-bond acceptors (Lipinski definition) is 0. The van der Waals surface area contributed by atoms with Gasteiger partial charge >= 0.3 is 0 Å². The Balaban J connectivity index is 2.29. The van der Waals surface area contributed by atoms with Crippen molar-refractivity contribution in [1.29, 1.82) is 0 Å². The standard InChI is InChI=1S/C13H25Cl/c1-12(2)7-6-10-13(11-14)8-4-3-5-9-13/h12H,3-11H2,1-2H3. The summed E-state index contributed by atoms with van der Waals surface area (Å²) in [5.74, 6) is 1.75. The second-order valence-corrected chi connectivity index (χ2v) is 5.75. The van der Waals surface area contributed by atoms with Crippen LogP contribution >= 0.6 is 11.6 Å². The normalized spacial score (nSPS) is 21.4. The summed E-state index contributed by atoms with van der Waals surface area (Å²) in [4.78, 5) is 0. The fraction of sp³-hybridized carbons (Fsp3) is 1.00. The maximum atomic E-state index is 6.15. The zero-order valence-electron chi connectivity index (χ0n) is 9.82. The molecule has 0 atom stereocenters. The van der Waals surface area contributed by atoms with Gasteiger partial charge in [-0.25, -0.2) is 0 Å². The lowest BCUT2D eigenvalue weighted by Gasteiger charge is -2.35. The highest BCUT2D eigenvalue weighted by atomic mass is 35.5. The van der Waals surface area contributed by atoms with Gasteiger partial charge in [-0.05, 0) is 30.6 Å². The fourth-order valence-electron chi connectivity index (χ4n) is 2.64. The maximum absolute atomic E-state index is 6.15. The van der Waals surface area contributed by atoms with Crippen molar-refractivity contribution in [1.82, 2.24) is 0 Å². The van der Waals surface area contributed by atoms with Gasteiger partial charge in [0.15, 0.2) is 0 Å². The van der Waals surface area contributed by atoms with Crippen LogP contribution in [0.3, 0.4) is 0 Å². The van der Waals surface area contributed by atoms with Crippen LogP contribution < -0.4 is 0 Å². The van der Waals surface area contributed by atoms with Crippen molar-refractivity contribution >= 4 is 11.6 Å². The van der Waals surface area contributed by atoms with E-state index in [1.165, 1.54) is 51.4 Å². The van der Waals surface area contributed by atoms with Gasteiger partial charge < -0.3 is 0 Å². The van der Waals surface area contributed by atoms with Crippen molar-refractivity contribution in [2.24, 2.45) is 11.3 Å². The molecule has 0 N–H and O–H groups in total. The van der Waals surface area contributed by atoms with Crippen LogP contribution in [0.5, 0.6) is 0 Å². The van der Waals surface area contributed by atoms with Crippen LogP contribution in [-0.2, 0) is 0 Å². The molecule has 0 bridgehead atoms. The van der Waals surface area contributed by atoms with Gasteiger partial charge in [-0.1, -0.05) is 46.0 Å². The topological polar surface area (TPSA) is 0 Å². The van der Waals surface area contributed by atoms with E-state index < -0.39 is 0 Å². The molecule has 0 saturated heterocycles. The molecule has 1 rings (SSSR count). The maximum Gasteiger partial charge on any atom is 0.0279 e. The third-order valence-corrected chi connectivity index (χ3v) is 4.25. The van der Waals surface area contributed by atoms with Crippen LogP contribution in [0.15, 0.2) is 0 Å². The Hall–Kier alpha value is 0.290. The molecular formula is C13H25Cl. The lowest BCUT2D eigenvalue weighted by Crippen LogP contribution is -2.26. The summed E-state index contributed by atoms with van der Waals surface area (Å²) < 4.78 is 0. The van der Waals surface area contributed by atoms with Crippen LogP contribution in [0.25, 0.3) is 0 Å². The summed E-state index contributed by atoms with van der Waals surface area (Å²) in [6.45, 7) is 4.63. The first kappa shape index (κ1) is 12.4. The largest absolute Gasteiger partial charge is 0.126 e. The van der Waals surface area contributed by atoms with E-state index in [1.807, 2.05) is 0 Å². The molecule has 0 aromatic heterocycles. The minimum Gasteiger partial charge on any atom is -0.126 e. The second kappa shape index (κ2) is 6.00. The molecule has 0 spiro atoms. The van der Waals surface area contributed by atoms with E-state index in [0.29, 0.717) is 5.41 Å². The molecule has 1 fully saturated rings. The van der Waals surface area contributed by atoms with Crippen LogP contribution in [0.1, 0.15) is 65.2 Å². The Morgan fingerprint density at radius 3 is 2.29 bits per heavy atom. The molecule has 84 valence electrons. The fourth-order valence-corrected chi connectivity index (χ4v) is 3.04. The molecule has 0 unspecified atom stereocenters. The Morgan fingerprint density at radius 1 is 1.14 bits per heavy atom. The average Bonchev–Trinajstić information content (AvgIpc) is 2.19. The Bertz CT molecular complexity index is 145. The quantitative estimate of drug-likeness (QED) is 0.568. The van der Waals surface area contributed by atoms with Crippen molar-refractivity contribution in [2.45, 2.75) is 65.2 Å². The number of halogens is 1. The molecule has 0 heterocycles. The van der Waals surface area contributed by atoms with Crippen molar-refractivity contribution in [3.05, 3.63) is 0 Å². The van der Waals surface area contributed by atoms with Gasteiger partial charge in [0.25, 0.3) is 0 Å². The molecular weight excluding hydrogens is 192 g/mol. The molecule has 0 aromatic rings. The lowest BCUT2D eigenvalue weighted by molar-refractivity contribution is 0.195. The Labute approximate surface area is 94.4 Å². The number of hydrogen-bond donors (Lipinski definition) is 0. The predicted octanol–water partition coefficient (Wildman–Crippen LogP) is 5.00. The molecule has 1 aliphatic rings. The molecule has 1 aliphatic carbocycles. The van der Waals surface area contributed by atoms with Gasteiger partial charge in [-0.2, -0.15) is 0 Å². The van der Waals surface area contributed by atoms with E-state index in [1.54, 1.807) is 0 Å². The second-order valence-electron chi connectivity index (χ2n) is 5.48. The van der Waals surface area contributed by atoms with Gasteiger partial charge in [0.2, 0.25) is 0 Å². The monoisotopic (exact) mass is 216 g/mol. The first-order valence-electron chi connectivity index (χ1n) is 6.24. The third kappa shape index (κ3) is 3.81. The Kier molecular flexibility index (Phi) is 5.30. The van der Waals surface area contributed by atoms with Crippen LogP contribution in [0.2, 0.25) is 0 Å². The lowest BCUT2D eigenvalue weighted by atomic mass is 9.72. The summed E-state index contributed by atoms with van der Waals surface area (Å²) in [5, 5.41) is 0. The van der Waals surface area contributed by atoms with Gasteiger partial charge in [0, 0.05) is 5.88 Å². The molecule has 1 saturated carbocycles. The summed E-state index contributed by atoms with van der Waals surface area (Å²) >= 11 is 6.15. The molecule has 0 radical (unpaired) electrons. The van der Waals surface area contributed by atoms with Crippen molar-refractivity contribution < 1.29 is 0 Å². The van der Waals surface area contributed by atoms with E-state index in [2.05, 4.69) is 13.8 Å². The molecule has 1 heteroatoms. The summed E-state index contributed by atoms with van der Waals surface area (Å²) in [7, 11) is 0. The molecule has 0 aliphatic heterocycles. The van der Waals surface area contributed by atoms with Crippen LogP contribution in [0.4, 0.5) is 0 Å². The van der Waals surface area contributed by atoms with Crippen molar-refractivity contribution in [3.8, 4) is 0 Å². The minimum absolute atomic E-state index is 0.523. The van der Waals surface area contributed by atoms with E-state index in [9.17, 15) is 0 Å². The average molecular weight is 217 g/mol. The molecule has 0 nitrogen and oxygen atoms in total. The first-order chi connectivity index (χ1) is 6.68. The van der Waals surface area contributed by atoms with E-state index in [4.69, 9.17) is 11.6 Å². The zero-order chi connectivity index (χ0) is 10.4. The van der Waals surface area contributed by atoms with E-state index >= 15 is 0 Å². The summed E-state index contributed by atoms with van der Waals surface area (Å²) in [5.41, 5.74) is 0.523. The molecule has 0 aromatic carbocycles. The SMILES string of the molecule is CC(C)CCCC1(CCl)CCCCC1. The van der Waals surface area contributed by atoms with Crippen molar-refractivity contribution in [2.75, 3.05) is 5.88 Å². The first-order valence-corrected chi connectivity index (χ1v) is 6.78. The summed E-state index contributed by atoms with van der Waals surface area (Å²) in [6.07, 6.45) is 11.1. The molecule has 14 heavy (non-hydrogen) atoms. The highest BCUT2D eigenvalue weighted by Crippen LogP contribution is 2.41. The van der Waals surface area contributed by atoms with E-state index in [0.717, 1.165) is 11.8 Å². The minimum atomic E-state index is 0.523. The van der Waals surface area contributed by atoms with Gasteiger partial charge in [-0.3, -0.25) is 0 Å². The number of alkyl halides is 1. The highest BCUT2D eigenvalue weighted by molar-refractivity contribution is 6.18. The number of rotatable bonds is 5. The van der Waals surface area contributed by atoms with Crippen LogP contribution in [-0.4, -0.2) is 5.88 Å². The third-order valence-electron chi connectivity index (χ3n) is 3.69. The van der Waals surface area contributed by atoms with Gasteiger partial charge in [-0.15, -0.1) is 11.6 Å². The predicted molar refractivity (Wildman–Crippen MR) is 64.9 cm³/mol. The van der Waals surface area contributed by atoms with Gasteiger partial charge in [0.1, 0.15) is 0 Å². The Morgan fingerprint density at radius 2 is 1.79 bits per heavy atom. The van der Waals surface area contributed by atoms with Crippen LogP contribution in [0, 0.1) is 11.3 Å². The zero-order valence-corrected chi connectivity index (χ0v) is 10.6. The van der Waals surface area contributed by atoms with E-state index in [-0.39, 0.29) is 0 Å². The summed E-state index contributed by atoms with van der Waals surface area (Å²) in [6, 6.07) is 0.